The first-order valence-corrected chi connectivity index (χ1v) is 10.4. The van der Waals surface area contributed by atoms with Gasteiger partial charge in [0.15, 0.2) is 0 Å². The number of ether oxygens (including phenoxy) is 2. The number of nitrogens with zero attached hydrogens (tertiary/aromatic N) is 1. The molecule has 30 heavy (non-hydrogen) atoms. The normalized spacial score (nSPS) is 11.2. The number of hydrogen-bond acceptors (Lipinski definition) is 3. The van der Waals surface area contributed by atoms with E-state index >= 15 is 0 Å². The molecule has 0 aliphatic heterocycles. The molecular formula is C26H31NO3. The van der Waals surface area contributed by atoms with Gasteiger partial charge in [-0.3, -0.25) is 0 Å². The zero-order valence-electron chi connectivity index (χ0n) is 18.9. The molecule has 1 aromatic heterocycles. The Morgan fingerprint density at radius 3 is 2.03 bits per heavy atom. The molecule has 0 fully saturated rings. The van der Waals surface area contributed by atoms with Crippen LogP contribution in [0.15, 0.2) is 48.5 Å². The van der Waals surface area contributed by atoms with E-state index in [1.165, 1.54) is 18.2 Å². The lowest BCUT2D eigenvalue weighted by atomic mass is 9.92. The fraction of sp³-hybridized carbons (Fsp3) is 0.346. The van der Waals surface area contributed by atoms with Crippen LogP contribution in [0.25, 0.3) is 16.9 Å². The molecule has 0 N–H and O–H groups in total. The van der Waals surface area contributed by atoms with Crippen LogP contribution in [-0.4, -0.2) is 24.8 Å². The first kappa shape index (κ1) is 21.7. The van der Waals surface area contributed by atoms with E-state index in [4.69, 9.17) is 9.47 Å². The lowest BCUT2D eigenvalue weighted by molar-refractivity contribution is 0.0600. The molecule has 0 saturated heterocycles. The van der Waals surface area contributed by atoms with Crippen molar-refractivity contribution in [3.63, 3.8) is 0 Å². The smallest absolute Gasteiger partial charge is 0.339 e. The number of esters is 1. The molecule has 0 radical (unpaired) electrons. The average molecular weight is 406 g/mol. The highest BCUT2D eigenvalue weighted by Crippen LogP contribution is 2.39. The Balaban J connectivity index is 2.47. The molecule has 0 aliphatic carbocycles. The number of benzene rings is 2. The van der Waals surface area contributed by atoms with Gasteiger partial charge in [0.1, 0.15) is 5.75 Å². The van der Waals surface area contributed by atoms with Crippen molar-refractivity contribution >= 4 is 5.97 Å². The summed E-state index contributed by atoms with van der Waals surface area (Å²) in [6.07, 6.45) is 0. The van der Waals surface area contributed by atoms with Gasteiger partial charge in [-0.15, -0.1) is 0 Å². The summed E-state index contributed by atoms with van der Waals surface area (Å²) in [4.78, 5) is 12.6. The standard InChI is InChI=1S/C26H31NO3/c1-16(2)19-12-10-13-20(17(3)4)25(19)27-18(5)22(26(28)30-7)15-23(27)21-11-8-9-14-24(21)29-6/h8-17H,1-7H3. The minimum Gasteiger partial charge on any atom is -0.496 e. The third-order valence-electron chi connectivity index (χ3n) is 5.60. The van der Waals surface area contributed by atoms with E-state index < -0.39 is 0 Å². The highest BCUT2D eigenvalue weighted by atomic mass is 16.5. The fourth-order valence-corrected chi connectivity index (χ4v) is 4.04. The van der Waals surface area contributed by atoms with Crippen molar-refractivity contribution in [2.75, 3.05) is 14.2 Å². The molecular weight excluding hydrogens is 374 g/mol. The van der Waals surface area contributed by atoms with Gasteiger partial charge in [-0.25, -0.2) is 4.79 Å². The molecule has 1 heterocycles. The second-order valence-corrected chi connectivity index (χ2v) is 8.15. The quantitative estimate of drug-likeness (QED) is 0.440. The van der Waals surface area contributed by atoms with Gasteiger partial charge in [-0.1, -0.05) is 58.0 Å². The highest BCUT2D eigenvalue weighted by Gasteiger charge is 2.25. The zero-order chi connectivity index (χ0) is 22.0. The molecule has 0 saturated carbocycles. The Labute approximate surface area is 179 Å². The maximum absolute atomic E-state index is 12.6. The second kappa shape index (κ2) is 8.78. The van der Waals surface area contributed by atoms with E-state index in [1.807, 2.05) is 37.3 Å². The van der Waals surface area contributed by atoms with Crippen LogP contribution in [0.1, 0.15) is 66.7 Å². The van der Waals surface area contributed by atoms with Gasteiger partial charge < -0.3 is 14.0 Å². The molecule has 3 rings (SSSR count). The lowest BCUT2D eigenvalue weighted by Crippen LogP contribution is -2.11. The largest absolute Gasteiger partial charge is 0.496 e. The van der Waals surface area contributed by atoms with Gasteiger partial charge in [0.05, 0.1) is 31.2 Å². The van der Waals surface area contributed by atoms with Gasteiger partial charge >= 0.3 is 5.97 Å². The number of carbonyl (C=O) groups excluding carboxylic acids is 1. The van der Waals surface area contributed by atoms with Crippen LogP contribution in [0.2, 0.25) is 0 Å². The van der Waals surface area contributed by atoms with E-state index in [2.05, 4.69) is 50.5 Å². The van der Waals surface area contributed by atoms with Crippen LogP contribution in [0.5, 0.6) is 5.75 Å². The molecule has 3 aromatic rings. The van der Waals surface area contributed by atoms with Crippen LogP contribution in [0.3, 0.4) is 0 Å². The topological polar surface area (TPSA) is 40.5 Å². The summed E-state index contributed by atoms with van der Waals surface area (Å²) < 4.78 is 12.9. The van der Waals surface area contributed by atoms with Crippen LogP contribution in [0.4, 0.5) is 0 Å². The summed E-state index contributed by atoms with van der Waals surface area (Å²) in [5, 5.41) is 0. The van der Waals surface area contributed by atoms with Gasteiger partial charge in [-0.2, -0.15) is 0 Å². The van der Waals surface area contributed by atoms with Crippen molar-refractivity contribution in [2.24, 2.45) is 0 Å². The summed E-state index contributed by atoms with van der Waals surface area (Å²) in [7, 11) is 3.09. The van der Waals surface area contributed by atoms with Crippen LogP contribution >= 0.6 is 0 Å². The van der Waals surface area contributed by atoms with Crippen molar-refractivity contribution in [1.82, 2.24) is 4.57 Å². The third kappa shape index (κ3) is 3.74. The zero-order valence-corrected chi connectivity index (χ0v) is 18.9. The summed E-state index contributed by atoms with van der Waals surface area (Å²) in [5.41, 5.74) is 6.90. The Hall–Kier alpha value is -3.01. The molecule has 0 atom stereocenters. The van der Waals surface area contributed by atoms with Crippen LogP contribution in [0, 0.1) is 6.92 Å². The Morgan fingerprint density at radius 1 is 0.900 bits per heavy atom. The van der Waals surface area contributed by atoms with Crippen LogP contribution in [-0.2, 0) is 4.74 Å². The van der Waals surface area contributed by atoms with Gasteiger partial charge in [-0.05, 0) is 48.1 Å². The van der Waals surface area contributed by atoms with E-state index in [9.17, 15) is 4.79 Å². The van der Waals surface area contributed by atoms with Crippen molar-refractivity contribution in [3.05, 3.63) is 70.9 Å². The number of aromatic nitrogens is 1. The molecule has 0 unspecified atom stereocenters. The van der Waals surface area contributed by atoms with Crippen molar-refractivity contribution in [1.29, 1.82) is 0 Å². The molecule has 2 aromatic carbocycles. The Morgan fingerprint density at radius 2 is 1.50 bits per heavy atom. The number of para-hydroxylation sites is 2. The number of hydrogen-bond donors (Lipinski definition) is 0. The first-order valence-electron chi connectivity index (χ1n) is 10.4. The number of methoxy groups -OCH3 is 2. The number of carbonyl (C=O) groups is 1. The summed E-state index contributed by atoms with van der Waals surface area (Å²) in [6, 6.07) is 16.3. The van der Waals surface area contributed by atoms with Crippen molar-refractivity contribution in [3.8, 4) is 22.7 Å². The van der Waals surface area contributed by atoms with E-state index in [0.717, 1.165) is 28.4 Å². The molecule has 0 bridgehead atoms. The molecule has 4 heteroatoms. The lowest BCUT2D eigenvalue weighted by Gasteiger charge is -2.24. The van der Waals surface area contributed by atoms with Gasteiger partial charge in [0.25, 0.3) is 0 Å². The molecule has 0 aliphatic rings. The second-order valence-electron chi connectivity index (χ2n) is 8.15. The minimum atomic E-state index is -0.337. The van der Waals surface area contributed by atoms with Gasteiger partial charge in [0.2, 0.25) is 0 Å². The van der Waals surface area contributed by atoms with Crippen molar-refractivity contribution in [2.45, 2.75) is 46.5 Å². The Kier molecular flexibility index (Phi) is 6.35. The summed E-state index contributed by atoms with van der Waals surface area (Å²) in [6.45, 7) is 10.8. The molecule has 158 valence electrons. The average Bonchev–Trinajstić information content (AvgIpc) is 3.08. The first-order chi connectivity index (χ1) is 14.3. The van der Waals surface area contributed by atoms with E-state index in [0.29, 0.717) is 17.4 Å². The van der Waals surface area contributed by atoms with Crippen LogP contribution < -0.4 is 4.74 Å². The maximum atomic E-state index is 12.6. The predicted octanol–water partition coefficient (Wildman–Crippen LogP) is 6.49. The monoisotopic (exact) mass is 405 g/mol. The highest BCUT2D eigenvalue weighted by molar-refractivity contribution is 5.93. The summed E-state index contributed by atoms with van der Waals surface area (Å²) >= 11 is 0. The summed E-state index contributed by atoms with van der Waals surface area (Å²) in [5.74, 6) is 1.08. The van der Waals surface area contributed by atoms with E-state index in [1.54, 1.807) is 7.11 Å². The third-order valence-corrected chi connectivity index (χ3v) is 5.60. The predicted molar refractivity (Wildman–Crippen MR) is 122 cm³/mol. The minimum absolute atomic E-state index is 0.326. The molecule has 4 nitrogen and oxygen atoms in total. The van der Waals surface area contributed by atoms with Crippen molar-refractivity contribution < 1.29 is 14.3 Å². The number of rotatable bonds is 6. The van der Waals surface area contributed by atoms with Gasteiger partial charge in [0, 0.05) is 11.3 Å². The Bertz CT molecular complexity index is 1030. The SMILES string of the molecule is COC(=O)c1cc(-c2ccccc2OC)n(-c2c(C(C)C)cccc2C(C)C)c1C. The maximum Gasteiger partial charge on any atom is 0.339 e. The molecule has 0 amide bonds. The molecule has 0 spiro atoms. The van der Waals surface area contributed by atoms with E-state index in [-0.39, 0.29) is 5.97 Å². The fourth-order valence-electron chi connectivity index (χ4n) is 4.04.